The third kappa shape index (κ3) is 5.15. The Labute approximate surface area is 221 Å². The summed E-state index contributed by atoms with van der Waals surface area (Å²) < 4.78 is 15.9. The van der Waals surface area contributed by atoms with Crippen molar-refractivity contribution in [3.63, 3.8) is 0 Å². The molecule has 2 N–H and O–H groups in total. The van der Waals surface area contributed by atoms with Gasteiger partial charge in [0, 0.05) is 32.0 Å². The van der Waals surface area contributed by atoms with Crippen molar-refractivity contribution in [2.24, 2.45) is 0 Å². The van der Waals surface area contributed by atoms with E-state index in [4.69, 9.17) is 42.4 Å². The largest absolute Gasteiger partial charge is 0.481 e. The first-order valence-corrected chi connectivity index (χ1v) is 12.6. The second-order valence-corrected chi connectivity index (χ2v) is 9.81. The number of anilines is 1. The maximum atomic E-state index is 12.8. The summed E-state index contributed by atoms with van der Waals surface area (Å²) in [6.07, 6.45) is 0.242. The standard InChI is InChI=1S/C23H25Cl2N5O5S/c1-11-16(24)17(25)19(26-11)21(31)28-12-8-9-30(10-14(12)33-2)23-29-18(20(36-23)22(32)35-4)13-6-5-7-15(27-13)34-3/h5-7,12,14,26H,8-10H2,1-4H3,(H,28,31)/t12-,14+/m1/s1. The predicted octanol–water partition coefficient (Wildman–Crippen LogP) is 3.97. The molecule has 0 bridgehead atoms. The van der Waals surface area contributed by atoms with Gasteiger partial charge in [-0.3, -0.25) is 4.79 Å². The number of methoxy groups -OCH3 is 3. The number of nitrogens with one attached hydrogen (secondary N) is 2. The summed E-state index contributed by atoms with van der Waals surface area (Å²) in [6, 6.07) is 4.98. The first-order valence-electron chi connectivity index (χ1n) is 11.0. The van der Waals surface area contributed by atoms with Gasteiger partial charge < -0.3 is 29.4 Å². The smallest absolute Gasteiger partial charge is 0.350 e. The Morgan fingerprint density at radius 3 is 2.61 bits per heavy atom. The summed E-state index contributed by atoms with van der Waals surface area (Å²) in [4.78, 5) is 39.8. The number of hydrogen-bond acceptors (Lipinski definition) is 9. The van der Waals surface area contributed by atoms with Crippen molar-refractivity contribution in [3.05, 3.63) is 44.5 Å². The fourth-order valence-corrected chi connectivity index (χ4v) is 5.42. The zero-order valence-corrected chi connectivity index (χ0v) is 22.4. The summed E-state index contributed by atoms with van der Waals surface area (Å²) in [7, 11) is 4.43. The van der Waals surface area contributed by atoms with E-state index < -0.39 is 5.97 Å². The topological polar surface area (TPSA) is 119 Å². The molecule has 1 fully saturated rings. The molecule has 4 rings (SSSR count). The number of carbonyl (C=O) groups is 2. The van der Waals surface area contributed by atoms with Crippen molar-refractivity contribution >= 4 is 51.5 Å². The molecule has 1 aliphatic rings. The highest BCUT2D eigenvalue weighted by Crippen LogP contribution is 2.35. The molecule has 1 amide bonds. The van der Waals surface area contributed by atoms with Crippen LogP contribution in [0.3, 0.4) is 0 Å². The minimum absolute atomic E-state index is 0.190. The molecule has 0 aromatic carbocycles. The van der Waals surface area contributed by atoms with Gasteiger partial charge >= 0.3 is 5.97 Å². The maximum absolute atomic E-state index is 12.8. The monoisotopic (exact) mass is 553 g/mol. The van der Waals surface area contributed by atoms with Crippen molar-refractivity contribution < 1.29 is 23.8 Å². The van der Waals surface area contributed by atoms with Crippen LogP contribution in [-0.2, 0) is 9.47 Å². The molecule has 1 aliphatic heterocycles. The Bertz CT molecular complexity index is 1280. The third-order valence-corrected chi connectivity index (χ3v) is 7.94. The summed E-state index contributed by atoms with van der Waals surface area (Å²) in [5.74, 6) is -0.447. The van der Waals surface area contributed by atoms with Crippen LogP contribution < -0.4 is 15.0 Å². The van der Waals surface area contributed by atoms with E-state index in [9.17, 15) is 9.59 Å². The Kier molecular flexibility index (Phi) is 8.04. The molecule has 0 spiro atoms. The highest BCUT2D eigenvalue weighted by Gasteiger charge is 2.34. The molecule has 192 valence electrons. The van der Waals surface area contributed by atoms with Crippen LogP contribution in [0, 0.1) is 6.92 Å². The minimum Gasteiger partial charge on any atom is -0.481 e. The number of hydrogen-bond donors (Lipinski definition) is 2. The summed E-state index contributed by atoms with van der Waals surface area (Å²) in [5, 5.41) is 4.13. The normalized spacial score (nSPS) is 17.7. The molecule has 3 aromatic rings. The van der Waals surface area contributed by atoms with Crippen LogP contribution in [0.25, 0.3) is 11.4 Å². The molecule has 36 heavy (non-hydrogen) atoms. The first kappa shape index (κ1) is 26.2. The highest BCUT2D eigenvalue weighted by molar-refractivity contribution is 7.17. The molecular formula is C23H25Cl2N5O5S. The van der Waals surface area contributed by atoms with Gasteiger partial charge in [0.2, 0.25) is 5.88 Å². The first-order chi connectivity index (χ1) is 17.3. The van der Waals surface area contributed by atoms with Gasteiger partial charge in [-0.15, -0.1) is 0 Å². The number of rotatable bonds is 7. The van der Waals surface area contributed by atoms with Crippen molar-refractivity contribution in [2.75, 3.05) is 39.3 Å². The van der Waals surface area contributed by atoms with Crippen LogP contribution in [-0.4, -0.2) is 73.4 Å². The lowest BCUT2D eigenvalue weighted by Crippen LogP contribution is -2.55. The second kappa shape index (κ2) is 11.0. The van der Waals surface area contributed by atoms with Gasteiger partial charge in [-0.25, -0.2) is 14.8 Å². The van der Waals surface area contributed by atoms with Gasteiger partial charge in [0.25, 0.3) is 5.91 Å². The van der Waals surface area contributed by atoms with E-state index in [0.29, 0.717) is 57.5 Å². The van der Waals surface area contributed by atoms with Crippen LogP contribution in [0.1, 0.15) is 32.3 Å². The maximum Gasteiger partial charge on any atom is 0.350 e. The molecule has 0 unspecified atom stereocenters. The Balaban J connectivity index is 1.55. The van der Waals surface area contributed by atoms with E-state index in [1.165, 1.54) is 25.6 Å². The molecule has 1 saturated heterocycles. The molecule has 13 heteroatoms. The van der Waals surface area contributed by atoms with E-state index in [1.54, 1.807) is 32.2 Å². The SMILES string of the molecule is COC(=O)c1sc(N2CC[C@@H](NC(=O)c3[nH]c(C)c(Cl)c3Cl)[C@@H](OC)C2)nc1-c1cccc(OC)n1. The highest BCUT2D eigenvalue weighted by atomic mass is 35.5. The van der Waals surface area contributed by atoms with Crippen LogP contribution in [0.15, 0.2) is 18.2 Å². The molecule has 0 saturated carbocycles. The number of nitrogens with zero attached hydrogens (tertiary/aromatic N) is 3. The minimum atomic E-state index is -0.499. The quantitative estimate of drug-likeness (QED) is 0.422. The average molecular weight is 554 g/mol. The number of piperidine rings is 1. The Hall–Kier alpha value is -2.86. The van der Waals surface area contributed by atoms with Crippen LogP contribution in [0.4, 0.5) is 5.13 Å². The number of thiazole rings is 1. The van der Waals surface area contributed by atoms with Gasteiger partial charge in [0.1, 0.15) is 16.3 Å². The number of aromatic amines is 1. The number of aryl methyl sites for hydroxylation is 1. The molecule has 10 nitrogen and oxygen atoms in total. The molecule has 3 aromatic heterocycles. The van der Waals surface area contributed by atoms with Gasteiger partial charge in [0.05, 0.1) is 42.1 Å². The molecule has 0 radical (unpaired) electrons. The van der Waals surface area contributed by atoms with Gasteiger partial charge in [-0.05, 0) is 19.4 Å². The van der Waals surface area contributed by atoms with Crippen LogP contribution in [0.2, 0.25) is 10.0 Å². The van der Waals surface area contributed by atoms with Gasteiger partial charge in [-0.1, -0.05) is 40.6 Å². The zero-order valence-electron chi connectivity index (χ0n) is 20.1. The molecular weight excluding hydrogens is 529 g/mol. The Morgan fingerprint density at radius 2 is 1.97 bits per heavy atom. The lowest BCUT2D eigenvalue weighted by atomic mass is 10.0. The zero-order chi connectivity index (χ0) is 26.0. The van der Waals surface area contributed by atoms with E-state index >= 15 is 0 Å². The van der Waals surface area contributed by atoms with Crippen molar-refractivity contribution in [1.29, 1.82) is 0 Å². The summed E-state index contributed by atoms with van der Waals surface area (Å²) >= 11 is 13.5. The van der Waals surface area contributed by atoms with Crippen molar-refractivity contribution in [3.8, 4) is 17.3 Å². The van der Waals surface area contributed by atoms with E-state index in [0.717, 1.165) is 0 Å². The molecule has 0 aliphatic carbocycles. The van der Waals surface area contributed by atoms with Gasteiger partial charge in [0.15, 0.2) is 5.13 Å². The third-order valence-electron chi connectivity index (χ3n) is 5.89. The average Bonchev–Trinajstić information content (AvgIpc) is 3.46. The number of ether oxygens (including phenoxy) is 3. The Morgan fingerprint density at radius 1 is 1.19 bits per heavy atom. The van der Waals surface area contributed by atoms with Crippen LogP contribution >= 0.6 is 34.5 Å². The number of halogens is 2. The summed E-state index contributed by atoms with van der Waals surface area (Å²) in [6.45, 7) is 2.76. The lowest BCUT2D eigenvalue weighted by molar-refractivity contribution is 0.0540. The van der Waals surface area contributed by atoms with E-state index in [2.05, 4.69) is 15.3 Å². The molecule has 2 atom stereocenters. The van der Waals surface area contributed by atoms with E-state index in [1.807, 2.05) is 4.90 Å². The van der Waals surface area contributed by atoms with E-state index in [-0.39, 0.29) is 28.8 Å². The van der Waals surface area contributed by atoms with Crippen LogP contribution in [0.5, 0.6) is 5.88 Å². The number of esters is 1. The van der Waals surface area contributed by atoms with Gasteiger partial charge in [-0.2, -0.15) is 0 Å². The second-order valence-electron chi connectivity index (χ2n) is 8.07. The lowest BCUT2D eigenvalue weighted by Gasteiger charge is -2.37. The van der Waals surface area contributed by atoms with Crippen molar-refractivity contribution in [1.82, 2.24) is 20.3 Å². The predicted molar refractivity (Wildman–Crippen MR) is 138 cm³/mol. The number of pyridine rings is 1. The number of H-pyrrole nitrogens is 1. The number of aromatic nitrogens is 3. The molecule has 4 heterocycles. The summed E-state index contributed by atoms with van der Waals surface area (Å²) in [5.41, 5.74) is 1.75. The number of carbonyl (C=O) groups excluding carboxylic acids is 2. The number of amides is 1. The van der Waals surface area contributed by atoms with Crippen molar-refractivity contribution in [2.45, 2.75) is 25.5 Å². The fraction of sp³-hybridized carbons (Fsp3) is 0.391. The fourth-order valence-electron chi connectivity index (χ4n) is 3.97.